The summed E-state index contributed by atoms with van der Waals surface area (Å²) in [7, 11) is 0. The number of hydrogen-bond donors (Lipinski definition) is 3. The first-order chi connectivity index (χ1) is 14.0. The highest BCUT2D eigenvalue weighted by Crippen LogP contribution is 2.18. The topological polar surface area (TPSA) is 135 Å². The first-order valence-electron chi connectivity index (χ1n) is 8.81. The van der Waals surface area contributed by atoms with Gasteiger partial charge < -0.3 is 15.3 Å². The van der Waals surface area contributed by atoms with Gasteiger partial charge in [-0.2, -0.15) is 0 Å². The summed E-state index contributed by atoms with van der Waals surface area (Å²) in [6.45, 7) is -0.478. The van der Waals surface area contributed by atoms with Crippen molar-refractivity contribution in [3.8, 4) is 0 Å². The van der Waals surface area contributed by atoms with Gasteiger partial charge in [-0.05, 0) is 23.8 Å². The largest absolute Gasteiger partial charge is 0.465 e. The van der Waals surface area contributed by atoms with Gasteiger partial charge in [0.05, 0.1) is 19.4 Å². The van der Waals surface area contributed by atoms with Crippen LogP contribution >= 0.6 is 0 Å². The van der Waals surface area contributed by atoms with E-state index in [-0.39, 0.29) is 24.6 Å². The van der Waals surface area contributed by atoms with E-state index in [4.69, 9.17) is 10.2 Å². The predicted octanol–water partition coefficient (Wildman–Crippen LogP) is 0.799. The van der Waals surface area contributed by atoms with Crippen molar-refractivity contribution in [3.63, 3.8) is 0 Å². The number of aromatic nitrogens is 2. The Morgan fingerprint density at radius 3 is 2.62 bits per heavy atom. The molecule has 2 aromatic heterocycles. The van der Waals surface area contributed by atoms with Crippen molar-refractivity contribution in [1.29, 1.82) is 0 Å². The van der Waals surface area contributed by atoms with E-state index in [1.54, 1.807) is 24.3 Å². The van der Waals surface area contributed by atoms with Gasteiger partial charge in [0.1, 0.15) is 11.6 Å². The third-order valence-electron chi connectivity index (χ3n) is 4.19. The number of H-pyrrole nitrogens is 1. The quantitative estimate of drug-likeness (QED) is 0.506. The van der Waals surface area contributed by atoms with E-state index in [1.807, 2.05) is 18.2 Å². The number of benzene rings is 1. The number of nitrogens with one attached hydrogen (secondary N) is 1. The zero-order valence-corrected chi connectivity index (χ0v) is 15.4. The number of aromatic amines is 1. The Hall–Kier alpha value is -3.85. The van der Waals surface area contributed by atoms with Crippen LogP contribution in [0.15, 0.2) is 68.8 Å². The van der Waals surface area contributed by atoms with Crippen LogP contribution in [0.25, 0.3) is 6.08 Å². The molecule has 4 N–H and O–H groups in total. The van der Waals surface area contributed by atoms with Gasteiger partial charge in [-0.3, -0.25) is 24.0 Å². The van der Waals surface area contributed by atoms with Crippen LogP contribution in [-0.4, -0.2) is 33.7 Å². The van der Waals surface area contributed by atoms with Gasteiger partial charge in [0.2, 0.25) is 0 Å². The zero-order chi connectivity index (χ0) is 20.8. The molecule has 0 spiro atoms. The van der Waals surface area contributed by atoms with Crippen molar-refractivity contribution < 1.29 is 14.3 Å². The number of amides is 1. The predicted molar refractivity (Wildman–Crippen MR) is 108 cm³/mol. The van der Waals surface area contributed by atoms with Crippen LogP contribution in [-0.2, 0) is 11.3 Å². The van der Waals surface area contributed by atoms with E-state index in [0.29, 0.717) is 5.76 Å². The fourth-order valence-corrected chi connectivity index (χ4v) is 2.82. The van der Waals surface area contributed by atoms with Crippen LogP contribution < -0.4 is 21.9 Å². The Labute approximate surface area is 165 Å². The Morgan fingerprint density at radius 2 is 1.97 bits per heavy atom. The normalized spacial score (nSPS) is 11.1. The lowest BCUT2D eigenvalue weighted by Crippen LogP contribution is -2.41. The standard InChI is InChI=1S/C20H20N4O5/c21-18-17(23(10-11-25)16(26)9-8-15-7-4-12-29-15)19(27)22-20(28)24(18)13-14-5-2-1-3-6-14/h1-9,12,25H,10-11,13,21H2,(H,22,27,28). The Balaban J connectivity index is 2.01. The van der Waals surface area contributed by atoms with E-state index in [9.17, 15) is 19.5 Å². The van der Waals surface area contributed by atoms with Crippen LogP contribution in [0, 0.1) is 0 Å². The van der Waals surface area contributed by atoms with Crippen LogP contribution in [0.4, 0.5) is 11.5 Å². The second-order valence-electron chi connectivity index (χ2n) is 6.13. The number of nitrogens with two attached hydrogens (primary N) is 1. The first-order valence-corrected chi connectivity index (χ1v) is 8.81. The molecule has 1 amide bonds. The van der Waals surface area contributed by atoms with Gasteiger partial charge in [-0.25, -0.2) is 4.79 Å². The molecule has 9 heteroatoms. The Kier molecular flexibility index (Phi) is 6.10. The number of carbonyl (C=O) groups is 1. The van der Waals surface area contributed by atoms with E-state index in [1.165, 1.54) is 23.0 Å². The average Bonchev–Trinajstić information content (AvgIpc) is 3.23. The Morgan fingerprint density at radius 1 is 1.21 bits per heavy atom. The lowest BCUT2D eigenvalue weighted by Gasteiger charge is -2.22. The van der Waals surface area contributed by atoms with Crippen LogP contribution in [0.5, 0.6) is 0 Å². The molecule has 0 aliphatic rings. The minimum Gasteiger partial charge on any atom is -0.465 e. The molecule has 0 aliphatic heterocycles. The smallest absolute Gasteiger partial charge is 0.330 e. The van der Waals surface area contributed by atoms with Gasteiger partial charge >= 0.3 is 5.69 Å². The summed E-state index contributed by atoms with van der Waals surface area (Å²) >= 11 is 0. The molecule has 9 nitrogen and oxygen atoms in total. The van der Waals surface area contributed by atoms with Crippen molar-refractivity contribution in [3.05, 3.63) is 87.0 Å². The number of nitrogens with zero attached hydrogens (tertiary/aromatic N) is 2. The Bertz CT molecular complexity index is 1110. The molecule has 1 aromatic carbocycles. The lowest BCUT2D eigenvalue weighted by atomic mass is 10.2. The molecule has 0 aliphatic carbocycles. The molecule has 3 aromatic rings. The summed E-state index contributed by atoms with van der Waals surface area (Å²) in [5.74, 6) is -0.327. The number of aliphatic hydroxyl groups excluding tert-OH is 1. The van der Waals surface area contributed by atoms with Gasteiger partial charge in [-0.1, -0.05) is 30.3 Å². The van der Waals surface area contributed by atoms with Crippen LogP contribution in [0.1, 0.15) is 11.3 Å². The van der Waals surface area contributed by atoms with Gasteiger partial charge in [-0.15, -0.1) is 0 Å². The van der Waals surface area contributed by atoms with Gasteiger partial charge in [0.25, 0.3) is 11.5 Å². The maximum Gasteiger partial charge on any atom is 0.330 e. The van der Waals surface area contributed by atoms with Crippen molar-refractivity contribution >= 4 is 23.5 Å². The summed E-state index contributed by atoms with van der Waals surface area (Å²) in [5.41, 5.74) is 5.19. The zero-order valence-electron chi connectivity index (χ0n) is 15.4. The molecule has 0 unspecified atom stereocenters. The third kappa shape index (κ3) is 4.53. The monoisotopic (exact) mass is 396 g/mol. The molecule has 2 heterocycles. The van der Waals surface area contributed by atoms with Crippen molar-refractivity contribution in [2.75, 3.05) is 23.8 Å². The highest BCUT2D eigenvalue weighted by Gasteiger charge is 2.22. The van der Waals surface area contributed by atoms with E-state index < -0.39 is 23.8 Å². The second kappa shape index (κ2) is 8.89. The van der Waals surface area contributed by atoms with Gasteiger partial charge in [0, 0.05) is 12.6 Å². The number of carbonyl (C=O) groups excluding carboxylic acids is 1. The minimum atomic E-state index is -0.815. The maximum absolute atomic E-state index is 12.7. The third-order valence-corrected chi connectivity index (χ3v) is 4.19. The summed E-state index contributed by atoms with van der Waals surface area (Å²) < 4.78 is 6.30. The first kappa shape index (κ1) is 19.9. The highest BCUT2D eigenvalue weighted by molar-refractivity contribution is 6.04. The van der Waals surface area contributed by atoms with E-state index >= 15 is 0 Å². The fourth-order valence-electron chi connectivity index (χ4n) is 2.82. The minimum absolute atomic E-state index is 0.110. The molecule has 150 valence electrons. The summed E-state index contributed by atoms with van der Waals surface area (Å²) in [6, 6.07) is 12.4. The van der Waals surface area contributed by atoms with Crippen molar-refractivity contribution in [2.24, 2.45) is 0 Å². The summed E-state index contributed by atoms with van der Waals surface area (Å²) in [6.07, 6.45) is 4.08. The number of anilines is 2. The number of rotatable bonds is 7. The van der Waals surface area contributed by atoms with Crippen molar-refractivity contribution in [1.82, 2.24) is 9.55 Å². The number of hydrogen-bond acceptors (Lipinski definition) is 6. The molecule has 29 heavy (non-hydrogen) atoms. The SMILES string of the molecule is Nc1c(N(CCO)C(=O)C=Cc2ccco2)c(=O)[nH]c(=O)n1Cc1ccccc1. The van der Waals surface area contributed by atoms with Crippen molar-refractivity contribution in [2.45, 2.75) is 6.54 Å². The van der Waals surface area contributed by atoms with E-state index in [0.717, 1.165) is 10.5 Å². The molecule has 0 saturated heterocycles. The average molecular weight is 396 g/mol. The summed E-state index contributed by atoms with van der Waals surface area (Å²) in [4.78, 5) is 40.6. The fraction of sp³-hybridized carbons (Fsp3) is 0.150. The van der Waals surface area contributed by atoms with E-state index in [2.05, 4.69) is 4.98 Å². The molecular formula is C20H20N4O5. The second-order valence-corrected chi connectivity index (χ2v) is 6.13. The molecular weight excluding hydrogens is 376 g/mol. The molecule has 0 radical (unpaired) electrons. The summed E-state index contributed by atoms with van der Waals surface area (Å²) in [5, 5.41) is 9.38. The number of furan rings is 1. The number of aliphatic hydroxyl groups is 1. The van der Waals surface area contributed by atoms with Gasteiger partial charge in [0.15, 0.2) is 5.69 Å². The molecule has 3 rings (SSSR count). The maximum atomic E-state index is 12.7. The molecule has 0 bridgehead atoms. The highest BCUT2D eigenvalue weighted by atomic mass is 16.3. The lowest BCUT2D eigenvalue weighted by molar-refractivity contribution is -0.114. The number of nitrogen functional groups attached to an aromatic ring is 1. The van der Waals surface area contributed by atoms with Crippen LogP contribution in [0.3, 0.4) is 0 Å². The van der Waals surface area contributed by atoms with Crippen LogP contribution in [0.2, 0.25) is 0 Å². The molecule has 0 atom stereocenters. The molecule has 0 saturated carbocycles. The molecule has 0 fully saturated rings.